The minimum atomic E-state index is 0.00694. The summed E-state index contributed by atoms with van der Waals surface area (Å²) in [7, 11) is 18.7. The third-order valence-corrected chi connectivity index (χ3v) is 7.45. The maximum atomic E-state index is 10.5. The zero-order valence-corrected chi connectivity index (χ0v) is 25.2. The molecule has 0 bridgehead atoms. The van der Waals surface area contributed by atoms with Crippen molar-refractivity contribution < 1.29 is 27.2 Å². The van der Waals surface area contributed by atoms with Gasteiger partial charge in [-0.15, -0.1) is 0 Å². The molecule has 0 aliphatic carbocycles. The molecular formula is C27H37Cl2MnN7O+2. The van der Waals surface area contributed by atoms with Crippen LogP contribution >= 0.6 is 20.2 Å². The van der Waals surface area contributed by atoms with E-state index in [0.29, 0.717) is 11.4 Å². The normalized spacial score (nSPS) is 18.5. The molecule has 205 valence electrons. The number of nitrogens with zero attached hydrogens (tertiary/aromatic N) is 7. The number of aromatic hydroxyl groups is 1. The Balaban J connectivity index is 0.00000107. The van der Waals surface area contributed by atoms with Crippen molar-refractivity contribution in [1.82, 2.24) is 15.0 Å². The molecule has 5 rings (SSSR count). The van der Waals surface area contributed by atoms with E-state index in [2.05, 4.69) is 72.2 Å². The zero-order chi connectivity index (χ0) is 27.3. The van der Waals surface area contributed by atoms with Gasteiger partial charge in [-0.25, -0.2) is 4.98 Å². The second-order valence-corrected chi connectivity index (χ2v) is 13.1. The summed E-state index contributed by atoms with van der Waals surface area (Å²) >= 11 is 0.00694. The zero-order valence-electron chi connectivity index (χ0n) is 22.5. The van der Waals surface area contributed by atoms with Gasteiger partial charge < -0.3 is 23.9 Å². The van der Waals surface area contributed by atoms with Crippen LogP contribution in [0.2, 0.25) is 0 Å². The second-order valence-electron chi connectivity index (χ2n) is 11.2. The molecule has 0 amide bonds. The van der Waals surface area contributed by atoms with E-state index in [9.17, 15) is 5.11 Å². The Labute approximate surface area is 240 Å². The van der Waals surface area contributed by atoms with Crippen LogP contribution in [0.4, 0.5) is 11.4 Å². The van der Waals surface area contributed by atoms with E-state index in [0.717, 1.165) is 84.1 Å². The number of likely N-dealkylation sites (N-methyl/N-ethyl adjacent to an activating group) is 2. The van der Waals surface area contributed by atoms with Gasteiger partial charge in [0.15, 0.2) is 0 Å². The van der Waals surface area contributed by atoms with Crippen LogP contribution in [-0.2, 0) is 13.1 Å². The van der Waals surface area contributed by atoms with Gasteiger partial charge in [-0.1, -0.05) is 0 Å². The fourth-order valence-electron chi connectivity index (χ4n) is 4.82. The molecule has 8 nitrogen and oxygen atoms in total. The Kier molecular flexibility index (Phi) is 9.40. The monoisotopic (exact) mass is 600 g/mol. The molecule has 3 aromatic heterocycles. The predicted molar refractivity (Wildman–Crippen MR) is 152 cm³/mol. The fourth-order valence-corrected chi connectivity index (χ4v) is 4.82. The first-order valence-electron chi connectivity index (χ1n) is 12.7. The average Bonchev–Trinajstić information content (AvgIpc) is 2.89. The number of hydrogen-bond donors (Lipinski definition) is 1. The first kappa shape index (κ1) is 28.9. The molecule has 2 aliphatic rings. The Morgan fingerprint density at radius 1 is 0.684 bits per heavy atom. The fraction of sp³-hybridized carbons (Fsp3) is 0.444. The van der Waals surface area contributed by atoms with E-state index in [1.54, 1.807) is 12.1 Å². The summed E-state index contributed by atoms with van der Waals surface area (Å²) < 4.78 is 2.10. The van der Waals surface area contributed by atoms with E-state index < -0.39 is 0 Å². The van der Waals surface area contributed by atoms with Gasteiger partial charge in [0.05, 0.1) is 103 Å². The number of anilines is 2. The molecule has 0 unspecified atom stereocenters. The SMILES string of the molecule is C[N+]1(C)CCN(c2ccnc(-c3cc(O)cc(-c4cc(N5CC[N+](C)(C)CC5)ccn4)n3)c2)CC1.[Cl][Mn][Cl]. The molecule has 0 spiro atoms. The summed E-state index contributed by atoms with van der Waals surface area (Å²) in [6.07, 6.45) is 3.67. The van der Waals surface area contributed by atoms with Gasteiger partial charge in [-0.05, 0) is 24.3 Å². The minimum absolute atomic E-state index is 0.00694. The van der Waals surface area contributed by atoms with Crippen LogP contribution in [0.1, 0.15) is 0 Å². The van der Waals surface area contributed by atoms with Gasteiger partial charge in [0.2, 0.25) is 0 Å². The molecule has 3 aromatic rings. The van der Waals surface area contributed by atoms with E-state index >= 15 is 0 Å². The summed E-state index contributed by atoms with van der Waals surface area (Å²) in [5.41, 5.74) is 5.11. The number of rotatable bonds is 4. The molecule has 1 N–H and O–H groups in total. The molecular weight excluding hydrogens is 564 g/mol. The average molecular weight is 601 g/mol. The first-order valence-corrected chi connectivity index (χ1v) is 16.0. The first-order chi connectivity index (χ1) is 18.1. The van der Waals surface area contributed by atoms with Gasteiger partial charge in [0.25, 0.3) is 0 Å². The number of pyridine rings is 3. The summed E-state index contributed by atoms with van der Waals surface area (Å²) in [5.74, 6) is 0.165. The topological polar surface area (TPSA) is 65.4 Å². The van der Waals surface area contributed by atoms with Crippen LogP contribution in [0.3, 0.4) is 0 Å². The van der Waals surface area contributed by atoms with Crippen molar-refractivity contribution in [3.63, 3.8) is 0 Å². The third kappa shape index (κ3) is 7.50. The van der Waals surface area contributed by atoms with Crippen molar-refractivity contribution >= 4 is 31.6 Å². The molecule has 2 saturated heterocycles. The van der Waals surface area contributed by atoms with Crippen molar-refractivity contribution in [2.75, 3.05) is 90.3 Å². The van der Waals surface area contributed by atoms with Crippen LogP contribution in [0, 0.1) is 0 Å². The number of aromatic nitrogens is 3. The Morgan fingerprint density at radius 2 is 1.05 bits per heavy atom. The molecule has 0 aromatic carbocycles. The third-order valence-electron chi connectivity index (χ3n) is 7.45. The molecule has 2 aliphatic heterocycles. The second kappa shape index (κ2) is 12.4. The number of piperazine rings is 2. The van der Waals surface area contributed by atoms with Crippen molar-refractivity contribution in [2.45, 2.75) is 0 Å². The van der Waals surface area contributed by atoms with E-state index in [1.807, 2.05) is 12.4 Å². The van der Waals surface area contributed by atoms with E-state index in [4.69, 9.17) is 25.2 Å². The Bertz CT molecular complexity index is 1130. The molecule has 38 heavy (non-hydrogen) atoms. The number of hydrogen-bond acceptors (Lipinski definition) is 6. The van der Waals surface area contributed by atoms with Crippen LogP contribution in [0.25, 0.3) is 22.8 Å². The molecule has 0 atom stereocenters. The summed E-state index contributed by atoms with van der Waals surface area (Å²) in [6, 6.07) is 11.6. The summed E-state index contributed by atoms with van der Waals surface area (Å²) in [5, 5.41) is 10.5. The predicted octanol–water partition coefficient (Wildman–Crippen LogP) is 4.08. The summed E-state index contributed by atoms with van der Waals surface area (Å²) in [4.78, 5) is 18.8. The van der Waals surface area contributed by atoms with E-state index in [-0.39, 0.29) is 18.9 Å². The maximum absolute atomic E-state index is 10.5. The molecule has 2 fully saturated rings. The molecule has 0 saturated carbocycles. The van der Waals surface area contributed by atoms with Gasteiger partial charge in [0.1, 0.15) is 5.75 Å². The van der Waals surface area contributed by atoms with Gasteiger partial charge in [-0.3, -0.25) is 9.97 Å². The van der Waals surface area contributed by atoms with Gasteiger partial charge in [-0.2, -0.15) is 0 Å². The van der Waals surface area contributed by atoms with Crippen LogP contribution < -0.4 is 9.80 Å². The molecule has 0 radical (unpaired) electrons. The molecule has 5 heterocycles. The van der Waals surface area contributed by atoms with Crippen molar-refractivity contribution in [1.29, 1.82) is 0 Å². The summed E-state index contributed by atoms with van der Waals surface area (Å²) in [6.45, 7) is 8.50. The standard InChI is InChI=1S/C27H36N7O.2ClH.Mn/c1-33(2)13-9-31(10-14-33)21-5-7-28-24(17-21)26-19-23(35)20-27(30-26)25-18-22(6-8-29-25)32-11-15-34(3,4)16-12-32;;;/h5-8,17-20H,9-16H2,1-4H3;2*1H;/q+1;;;+2/p-1. The van der Waals surface area contributed by atoms with Gasteiger partial charge >= 0.3 is 33.3 Å². The Hall–Kier alpha value is -2.13. The van der Waals surface area contributed by atoms with Crippen LogP contribution in [0.15, 0.2) is 48.8 Å². The Morgan fingerprint density at radius 3 is 1.42 bits per heavy atom. The van der Waals surface area contributed by atoms with Crippen LogP contribution in [-0.4, -0.2) is 110 Å². The number of halogens is 2. The number of quaternary nitrogens is 2. The van der Waals surface area contributed by atoms with Crippen molar-refractivity contribution in [3.05, 3.63) is 48.8 Å². The van der Waals surface area contributed by atoms with Gasteiger partial charge in [0, 0.05) is 35.9 Å². The van der Waals surface area contributed by atoms with Crippen LogP contribution in [0.5, 0.6) is 5.75 Å². The molecule has 11 heteroatoms. The van der Waals surface area contributed by atoms with Crippen molar-refractivity contribution in [2.24, 2.45) is 0 Å². The van der Waals surface area contributed by atoms with E-state index in [1.165, 1.54) is 0 Å². The van der Waals surface area contributed by atoms with Crippen molar-refractivity contribution in [3.8, 4) is 28.5 Å². The quantitative estimate of drug-likeness (QED) is 0.360.